The summed E-state index contributed by atoms with van der Waals surface area (Å²) in [5.41, 5.74) is -2.78. The standard InChI is InChI=1S/C41H35ClF6N8O6S2/c1-40(2,63(4,59)60)11-10-19-6-7-23-27(14-19)50-38(56(39(23)58)29-9-8-26(42)32-34(29)54(3)52-37(32)53-64(5,61)62)28(15-20-12-21(43)16-22(44)13-20)49-30(57)18-55-35-31(33(51-55)36(45)46)24-17-25(24)41(35,47)48/h6-9,12-14,16,24-25,28,36H,15,17-18H2,1-5H3,(H,49,57)(H,52,53)/t24-,25+,28+/m1/s1. The van der Waals surface area contributed by atoms with E-state index in [-0.39, 0.29) is 67.3 Å². The quantitative estimate of drug-likeness (QED) is 0.113. The van der Waals surface area contributed by atoms with Gasteiger partial charge in [0, 0.05) is 42.8 Å². The van der Waals surface area contributed by atoms with Gasteiger partial charge >= 0.3 is 0 Å². The molecular weight excluding hydrogens is 914 g/mol. The van der Waals surface area contributed by atoms with E-state index >= 15 is 8.78 Å². The van der Waals surface area contributed by atoms with Gasteiger partial charge in [0.05, 0.1) is 44.8 Å². The van der Waals surface area contributed by atoms with E-state index in [9.17, 15) is 44.0 Å². The third kappa shape index (κ3) is 7.97. The van der Waals surface area contributed by atoms with E-state index in [0.29, 0.717) is 10.7 Å². The number of anilines is 1. The predicted molar refractivity (Wildman–Crippen MR) is 224 cm³/mol. The number of carbonyl (C=O) groups excluding carboxylic acids is 1. The Kier molecular flexibility index (Phi) is 10.7. The molecule has 3 aromatic heterocycles. The molecule has 3 atom stereocenters. The first-order valence-electron chi connectivity index (χ1n) is 19.2. The molecule has 2 aliphatic carbocycles. The first-order chi connectivity index (χ1) is 29.8. The molecule has 3 heterocycles. The van der Waals surface area contributed by atoms with Crippen LogP contribution in [0.2, 0.25) is 5.02 Å². The Hall–Kier alpha value is -5.92. The highest BCUT2D eigenvalue weighted by atomic mass is 35.5. The van der Waals surface area contributed by atoms with Crippen LogP contribution in [0.25, 0.3) is 27.5 Å². The van der Waals surface area contributed by atoms with Crippen LogP contribution in [-0.2, 0) is 50.6 Å². The number of hydrogen-bond acceptors (Lipinski definition) is 9. The highest BCUT2D eigenvalue weighted by Gasteiger charge is 2.67. The number of halogens is 7. The zero-order valence-corrected chi connectivity index (χ0v) is 36.5. The van der Waals surface area contributed by atoms with Gasteiger partial charge in [-0.1, -0.05) is 23.4 Å². The van der Waals surface area contributed by atoms with E-state index in [1.165, 1.54) is 55.9 Å². The number of fused-ring (bicyclic) bond motifs is 5. The lowest BCUT2D eigenvalue weighted by Crippen LogP contribution is -2.38. The van der Waals surface area contributed by atoms with Gasteiger partial charge in [-0.2, -0.15) is 19.0 Å². The molecule has 2 N–H and O–H groups in total. The molecule has 23 heteroatoms. The number of benzene rings is 3. The van der Waals surface area contributed by atoms with Crippen LogP contribution < -0.4 is 15.6 Å². The highest BCUT2D eigenvalue weighted by molar-refractivity contribution is 7.92. The molecule has 0 bridgehead atoms. The molecule has 1 amide bonds. The average Bonchev–Trinajstić information content (AvgIpc) is 3.71. The molecule has 0 saturated heterocycles. The number of nitrogens with zero attached hydrogens (tertiary/aromatic N) is 6. The van der Waals surface area contributed by atoms with Gasteiger partial charge in [0.25, 0.3) is 17.9 Å². The van der Waals surface area contributed by atoms with Gasteiger partial charge in [-0.15, -0.1) is 0 Å². The number of aromatic nitrogens is 6. The Bertz CT molecular complexity index is 3320. The molecule has 0 spiro atoms. The molecule has 8 rings (SSSR count). The minimum absolute atomic E-state index is 0.00831. The van der Waals surface area contributed by atoms with Crippen LogP contribution >= 0.6 is 11.6 Å². The summed E-state index contributed by atoms with van der Waals surface area (Å²) < 4.78 is 142. The number of amides is 1. The van der Waals surface area contributed by atoms with Gasteiger partial charge in [-0.3, -0.25) is 28.2 Å². The number of hydrogen-bond donors (Lipinski definition) is 2. The molecule has 0 aliphatic heterocycles. The minimum atomic E-state index is -3.95. The van der Waals surface area contributed by atoms with Crippen LogP contribution in [0.15, 0.2) is 53.3 Å². The number of rotatable bonds is 11. The van der Waals surface area contributed by atoms with Crippen LogP contribution in [0.5, 0.6) is 0 Å². The Morgan fingerprint density at radius 2 is 1.72 bits per heavy atom. The van der Waals surface area contributed by atoms with Crippen LogP contribution in [0, 0.1) is 29.4 Å². The predicted octanol–water partition coefficient (Wildman–Crippen LogP) is 6.19. The molecule has 3 aromatic carbocycles. The SMILES string of the molecule is Cn1nc(NS(C)(=O)=O)c2c(Cl)ccc(-n3c([C@H](Cc4cc(F)cc(F)c4)NC(=O)Cn4nc(C(F)F)c5c4C(F)(F)[C@H]4C[C@@H]54)nc4cc(C#CC(C)(C)S(C)(=O)=O)ccc4c3=O)c21. The fraction of sp³-hybridized carbons (Fsp3) is 0.341. The largest absolute Gasteiger partial charge is 0.344 e. The third-order valence-electron chi connectivity index (χ3n) is 11.2. The summed E-state index contributed by atoms with van der Waals surface area (Å²) in [5.74, 6) is -3.91. The minimum Gasteiger partial charge on any atom is -0.344 e. The number of sulfonamides is 1. The zero-order chi connectivity index (χ0) is 46.6. The van der Waals surface area contributed by atoms with Gasteiger partial charge in [-0.25, -0.2) is 39.4 Å². The molecule has 0 unspecified atom stereocenters. The average molecular weight is 949 g/mol. The third-order valence-corrected chi connectivity index (χ3v) is 14.1. The van der Waals surface area contributed by atoms with Crippen molar-refractivity contribution in [1.29, 1.82) is 0 Å². The second-order valence-corrected chi connectivity index (χ2v) is 21.0. The summed E-state index contributed by atoms with van der Waals surface area (Å²) in [6, 6.07) is 7.73. The molecule has 336 valence electrons. The maximum Gasteiger partial charge on any atom is 0.293 e. The number of sulfone groups is 1. The summed E-state index contributed by atoms with van der Waals surface area (Å²) in [5, 5.41) is 10.6. The van der Waals surface area contributed by atoms with Crippen molar-refractivity contribution in [3.8, 4) is 17.5 Å². The van der Waals surface area contributed by atoms with Gasteiger partial charge in [0.1, 0.15) is 40.1 Å². The van der Waals surface area contributed by atoms with Crippen molar-refractivity contribution in [2.45, 2.75) is 62.3 Å². The Morgan fingerprint density at radius 3 is 2.36 bits per heavy atom. The molecule has 14 nitrogen and oxygen atoms in total. The zero-order valence-electron chi connectivity index (χ0n) is 34.1. The van der Waals surface area contributed by atoms with E-state index in [1.54, 1.807) is 0 Å². The van der Waals surface area contributed by atoms with Gasteiger partial charge in [0.15, 0.2) is 15.7 Å². The van der Waals surface area contributed by atoms with Crippen molar-refractivity contribution >= 4 is 65.0 Å². The van der Waals surface area contributed by atoms with Crippen LogP contribution in [0.4, 0.5) is 32.2 Å². The second kappa shape index (κ2) is 15.4. The van der Waals surface area contributed by atoms with Gasteiger partial charge in [0.2, 0.25) is 15.9 Å². The number of aryl methyl sites for hydroxylation is 1. The van der Waals surface area contributed by atoms with Crippen molar-refractivity contribution in [2.24, 2.45) is 13.0 Å². The maximum absolute atomic E-state index is 15.5. The van der Waals surface area contributed by atoms with Gasteiger partial charge < -0.3 is 5.32 Å². The van der Waals surface area contributed by atoms with E-state index in [0.717, 1.165) is 29.2 Å². The first-order valence-corrected chi connectivity index (χ1v) is 23.4. The fourth-order valence-corrected chi connectivity index (χ4v) is 8.95. The Labute approximate surface area is 365 Å². The molecule has 6 aromatic rings. The van der Waals surface area contributed by atoms with Crippen molar-refractivity contribution in [1.82, 2.24) is 34.4 Å². The summed E-state index contributed by atoms with van der Waals surface area (Å²) >= 11 is 6.61. The lowest BCUT2D eigenvalue weighted by atomic mass is 10.0. The number of nitrogens with one attached hydrogen (secondary N) is 2. The van der Waals surface area contributed by atoms with Gasteiger partial charge in [-0.05, 0) is 74.2 Å². The maximum atomic E-state index is 15.5. The monoisotopic (exact) mass is 948 g/mol. The lowest BCUT2D eigenvalue weighted by molar-refractivity contribution is -0.123. The van der Waals surface area contributed by atoms with Crippen LogP contribution in [0.1, 0.15) is 72.6 Å². The van der Waals surface area contributed by atoms with E-state index < -0.39 is 102 Å². The summed E-state index contributed by atoms with van der Waals surface area (Å²) in [4.78, 5) is 33.9. The van der Waals surface area contributed by atoms with Crippen molar-refractivity contribution in [3.05, 3.63) is 109 Å². The van der Waals surface area contributed by atoms with Crippen molar-refractivity contribution in [3.63, 3.8) is 0 Å². The lowest BCUT2D eigenvalue weighted by Gasteiger charge is -2.24. The molecule has 0 radical (unpaired) electrons. The van der Waals surface area contributed by atoms with Crippen molar-refractivity contribution in [2.75, 3.05) is 17.2 Å². The van der Waals surface area contributed by atoms with E-state index in [2.05, 4.69) is 32.1 Å². The fourth-order valence-electron chi connectivity index (χ4n) is 7.97. The molecule has 2 aliphatic rings. The Morgan fingerprint density at radius 1 is 1.03 bits per heavy atom. The normalized spacial score (nSPS) is 17.3. The molecule has 1 fully saturated rings. The highest BCUT2D eigenvalue weighted by Crippen LogP contribution is 2.68. The molecular formula is C41H35ClF6N8O6S2. The van der Waals surface area contributed by atoms with E-state index in [4.69, 9.17) is 16.6 Å². The van der Waals surface area contributed by atoms with Crippen molar-refractivity contribution < 1.29 is 48.0 Å². The first kappa shape index (κ1) is 44.7. The smallest absolute Gasteiger partial charge is 0.293 e. The topological polar surface area (TPSA) is 180 Å². The second-order valence-electron chi connectivity index (χ2n) is 16.3. The molecule has 64 heavy (non-hydrogen) atoms. The van der Waals surface area contributed by atoms with Crippen LogP contribution in [-0.4, -0.2) is 69.1 Å². The number of alkyl halides is 4. The summed E-state index contributed by atoms with van der Waals surface area (Å²) in [6.07, 6.45) is -1.90. The molecule has 1 saturated carbocycles. The van der Waals surface area contributed by atoms with Crippen LogP contribution in [0.3, 0.4) is 0 Å². The number of carbonyl (C=O) groups is 1. The Balaban J connectivity index is 1.35. The summed E-state index contributed by atoms with van der Waals surface area (Å²) in [6.45, 7) is 1.76. The van der Waals surface area contributed by atoms with E-state index in [1.807, 2.05) is 0 Å². The summed E-state index contributed by atoms with van der Waals surface area (Å²) in [7, 11) is -6.19.